The Morgan fingerprint density at radius 3 is 2.85 bits per heavy atom. The number of carbonyl (C=O) groups is 1. The van der Waals surface area contributed by atoms with Crippen molar-refractivity contribution in [2.24, 2.45) is 7.05 Å². The number of amides is 1. The zero-order valence-electron chi connectivity index (χ0n) is 17.7. The molecule has 1 aliphatic rings. The smallest absolute Gasteiger partial charge is 0.232 e. The highest BCUT2D eigenvalue weighted by molar-refractivity contribution is 6.42. The van der Waals surface area contributed by atoms with Gasteiger partial charge in [-0.2, -0.15) is 5.10 Å². The van der Waals surface area contributed by atoms with E-state index in [9.17, 15) is 4.79 Å². The first-order valence-electron chi connectivity index (χ1n) is 10.3. The second-order valence-electron chi connectivity index (χ2n) is 7.62. The van der Waals surface area contributed by atoms with Crippen LogP contribution in [0.15, 0.2) is 55.0 Å². The Labute approximate surface area is 200 Å². The minimum Gasteiger partial charge on any atom is -0.309 e. The molecule has 3 aromatic heterocycles. The number of hydrogen-bond acceptors (Lipinski definition) is 6. The number of rotatable bonds is 5. The van der Waals surface area contributed by atoms with Gasteiger partial charge < -0.3 is 5.32 Å². The lowest BCUT2D eigenvalue weighted by atomic mass is 10.1. The molecule has 0 saturated heterocycles. The van der Waals surface area contributed by atoms with Crippen molar-refractivity contribution < 1.29 is 4.79 Å². The van der Waals surface area contributed by atoms with Crippen LogP contribution in [0.4, 0.5) is 17.6 Å². The van der Waals surface area contributed by atoms with Gasteiger partial charge in [0.05, 0.1) is 28.4 Å². The normalized spacial score (nSPS) is 12.6. The Bertz CT molecular complexity index is 1350. The molecule has 5 rings (SSSR count). The van der Waals surface area contributed by atoms with E-state index in [2.05, 4.69) is 25.4 Å². The molecule has 0 spiro atoms. The molecule has 4 heterocycles. The maximum Gasteiger partial charge on any atom is 0.232 e. The monoisotopic (exact) mass is 479 g/mol. The first kappa shape index (κ1) is 21.4. The number of fused-ring (bicyclic) bond motifs is 1. The molecule has 1 aromatic carbocycles. The number of benzene rings is 1. The van der Waals surface area contributed by atoms with Crippen LogP contribution in [0.5, 0.6) is 0 Å². The molecule has 0 radical (unpaired) electrons. The molecule has 10 heteroatoms. The fraction of sp³-hybridized carbons (Fsp3) is 0.174. The number of hydrogen-bond donors (Lipinski definition) is 1. The van der Waals surface area contributed by atoms with Crippen LogP contribution in [-0.4, -0.2) is 37.2 Å². The van der Waals surface area contributed by atoms with E-state index in [-0.39, 0.29) is 12.3 Å². The second kappa shape index (κ2) is 8.80. The molecule has 0 bridgehead atoms. The average molecular weight is 480 g/mol. The van der Waals surface area contributed by atoms with Crippen LogP contribution in [0.2, 0.25) is 10.0 Å². The van der Waals surface area contributed by atoms with Gasteiger partial charge in [0.1, 0.15) is 11.6 Å². The fourth-order valence-electron chi connectivity index (χ4n) is 3.79. The molecular weight excluding hydrogens is 461 g/mol. The molecule has 0 aliphatic carbocycles. The van der Waals surface area contributed by atoms with Gasteiger partial charge in [-0.25, -0.2) is 15.0 Å². The van der Waals surface area contributed by atoms with Crippen molar-refractivity contribution >= 4 is 46.7 Å². The third kappa shape index (κ3) is 4.27. The molecule has 33 heavy (non-hydrogen) atoms. The molecule has 0 fully saturated rings. The van der Waals surface area contributed by atoms with Gasteiger partial charge in [0.2, 0.25) is 11.9 Å². The summed E-state index contributed by atoms with van der Waals surface area (Å²) >= 11 is 12.3. The van der Waals surface area contributed by atoms with Gasteiger partial charge >= 0.3 is 0 Å². The summed E-state index contributed by atoms with van der Waals surface area (Å²) in [7, 11) is 1.84. The lowest BCUT2D eigenvalue weighted by Gasteiger charge is -2.17. The first-order chi connectivity index (χ1) is 16.0. The Balaban J connectivity index is 1.36. The van der Waals surface area contributed by atoms with Crippen LogP contribution in [0.25, 0.3) is 11.3 Å². The lowest BCUT2D eigenvalue weighted by Crippen LogP contribution is -2.31. The molecule has 1 N–H and O–H groups in total. The summed E-state index contributed by atoms with van der Waals surface area (Å²) in [6, 6.07) is 11.0. The first-order valence-corrected chi connectivity index (χ1v) is 11.1. The lowest BCUT2D eigenvalue weighted by molar-refractivity contribution is -0.117. The number of anilines is 3. The van der Waals surface area contributed by atoms with Gasteiger partial charge in [0, 0.05) is 37.6 Å². The molecule has 166 valence electrons. The maximum absolute atomic E-state index is 13.0. The highest BCUT2D eigenvalue weighted by Gasteiger charge is 2.27. The van der Waals surface area contributed by atoms with E-state index < -0.39 is 0 Å². The number of aromatic nitrogens is 5. The van der Waals surface area contributed by atoms with Crippen molar-refractivity contribution in [3.8, 4) is 11.3 Å². The van der Waals surface area contributed by atoms with Crippen molar-refractivity contribution in [2.45, 2.75) is 12.8 Å². The fourth-order valence-corrected chi connectivity index (χ4v) is 4.17. The van der Waals surface area contributed by atoms with Crippen LogP contribution in [0.3, 0.4) is 0 Å². The van der Waals surface area contributed by atoms with Gasteiger partial charge in [-0.3, -0.25) is 14.4 Å². The molecule has 1 amide bonds. The average Bonchev–Trinajstić information content (AvgIpc) is 3.42. The highest BCUT2D eigenvalue weighted by atomic mass is 35.5. The minimum absolute atomic E-state index is 0.0668. The van der Waals surface area contributed by atoms with E-state index in [4.69, 9.17) is 23.2 Å². The van der Waals surface area contributed by atoms with E-state index in [1.54, 1.807) is 40.3 Å². The summed E-state index contributed by atoms with van der Waals surface area (Å²) in [6.45, 7) is 0.569. The highest BCUT2D eigenvalue weighted by Crippen LogP contribution is 2.31. The van der Waals surface area contributed by atoms with Crippen molar-refractivity contribution in [1.82, 2.24) is 24.7 Å². The Kier molecular flexibility index (Phi) is 5.70. The van der Waals surface area contributed by atoms with Crippen LogP contribution < -0.4 is 10.2 Å². The Morgan fingerprint density at radius 2 is 2.03 bits per heavy atom. The quantitative estimate of drug-likeness (QED) is 0.454. The summed E-state index contributed by atoms with van der Waals surface area (Å²) in [6.07, 6.45) is 6.00. The molecular formula is C23H19Cl2N7O. The summed E-state index contributed by atoms with van der Waals surface area (Å²) < 4.78 is 1.70. The summed E-state index contributed by atoms with van der Waals surface area (Å²) in [5.41, 5.74) is 3.29. The van der Waals surface area contributed by atoms with Crippen LogP contribution >= 0.6 is 23.2 Å². The van der Waals surface area contributed by atoms with Gasteiger partial charge in [-0.1, -0.05) is 35.3 Å². The third-order valence-corrected chi connectivity index (χ3v) is 6.35. The molecule has 8 nitrogen and oxygen atoms in total. The zero-order valence-corrected chi connectivity index (χ0v) is 19.2. The van der Waals surface area contributed by atoms with Gasteiger partial charge in [0.25, 0.3) is 0 Å². The maximum atomic E-state index is 13.0. The van der Waals surface area contributed by atoms with Gasteiger partial charge in [-0.15, -0.1) is 0 Å². The Morgan fingerprint density at radius 1 is 1.15 bits per heavy atom. The molecule has 1 aliphatic heterocycles. The van der Waals surface area contributed by atoms with Gasteiger partial charge in [0.15, 0.2) is 0 Å². The molecule has 4 aromatic rings. The number of nitrogens with zero attached hydrogens (tertiary/aromatic N) is 6. The number of halogens is 2. The Hall–Kier alpha value is -3.49. The van der Waals surface area contributed by atoms with E-state index in [1.165, 1.54) is 0 Å². The van der Waals surface area contributed by atoms with E-state index in [0.29, 0.717) is 33.9 Å². The number of carbonyl (C=O) groups excluding carboxylic acids is 1. The van der Waals surface area contributed by atoms with Gasteiger partial charge in [-0.05, 0) is 35.7 Å². The second-order valence-corrected chi connectivity index (χ2v) is 8.41. The van der Waals surface area contributed by atoms with E-state index in [0.717, 1.165) is 29.1 Å². The predicted molar refractivity (Wildman–Crippen MR) is 128 cm³/mol. The standard InChI is InChI=1S/C23H19Cl2N7O/c1-31-19(6-9-28-31)30-23-26-8-5-18(29-23)16-11-15-7-10-32(22(15)27-13-16)20(33)12-14-3-2-4-17(24)21(14)25/h2-6,8-9,11,13H,7,10,12H2,1H3,(H,26,29,30). The SMILES string of the molecule is Cn1nccc1Nc1nccc(-c2cnc3c(c2)CCN3C(=O)Cc2cccc(Cl)c2Cl)n1. The van der Waals surface area contributed by atoms with E-state index in [1.807, 2.05) is 31.3 Å². The van der Waals surface area contributed by atoms with Crippen LogP contribution in [-0.2, 0) is 24.7 Å². The van der Waals surface area contributed by atoms with Crippen molar-refractivity contribution in [1.29, 1.82) is 0 Å². The largest absolute Gasteiger partial charge is 0.309 e. The zero-order chi connectivity index (χ0) is 22.9. The van der Waals surface area contributed by atoms with E-state index >= 15 is 0 Å². The molecule has 0 saturated carbocycles. The summed E-state index contributed by atoms with van der Waals surface area (Å²) in [4.78, 5) is 28.1. The third-order valence-electron chi connectivity index (χ3n) is 5.49. The van der Waals surface area contributed by atoms with Crippen molar-refractivity contribution in [3.63, 3.8) is 0 Å². The summed E-state index contributed by atoms with van der Waals surface area (Å²) in [5.74, 6) is 1.85. The van der Waals surface area contributed by atoms with Crippen LogP contribution in [0, 0.1) is 0 Å². The number of aryl methyl sites for hydroxylation is 1. The number of nitrogens with one attached hydrogen (secondary N) is 1. The molecule has 0 unspecified atom stereocenters. The number of pyridine rings is 1. The minimum atomic E-state index is -0.0668. The summed E-state index contributed by atoms with van der Waals surface area (Å²) in [5, 5.41) is 8.14. The van der Waals surface area contributed by atoms with Crippen molar-refractivity contribution in [2.75, 3.05) is 16.8 Å². The predicted octanol–water partition coefficient (Wildman–Crippen LogP) is 4.45. The molecule has 0 atom stereocenters. The van der Waals surface area contributed by atoms with Crippen LogP contribution in [0.1, 0.15) is 11.1 Å². The van der Waals surface area contributed by atoms with Crippen molar-refractivity contribution in [3.05, 3.63) is 76.2 Å². The topological polar surface area (TPSA) is 88.8 Å².